The number of carbonyl (C=O) groups is 1. The number of nitro benzene ring substituents is 1. The highest BCUT2D eigenvalue weighted by atomic mass is 16.6. The van der Waals surface area contributed by atoms with Crippen LogP contribution in [0.3, 0.4) is 0 Å². The number of hydrogen-bond acceptors (Lipinski definition) is 6. The number of aromatic nitrogens is 2. The van der Waals surface area contributed by atoms with Gasteiger partial charge in [0.05, 0.1) is 17.3 Å². The minimum atomic E-state index is -1.13. The van der Waals surface area contributed by atoms with E-state index in [9.17, 15) is 14.9 Å². The van der Waals surface area contributed by atoms with E-state index in [1.165, 1.54) is 24.5 Å². The molecule has 0 spiro atoms. The normalized spacial score (nSPS) is 10.1. The van der Waals surface area contributed by atoms with Gasteiger partial charge >= 0.3 is 5.97 Å². The number of nitrogens with one attached hydrogen (secondary N) is 1. The predicted octanol–water partition coefficient (Wildman–Crippen LogP) is 1.74. The van der Waals surface area contributed by atoms with Gasteiger partial charge in [-0.25, -0.2) is 14.8 Å². The number of carboxylic acids is 1. The summed E-state index contributed by atoms with van der Waals surface area (Å²) < 4.78 is 0. The Morgan fingerprint density at radius 2 is 1.95 bits per heavy atom. The number of nitro groups is 1. The van der Waals surface area contributed by atoms with Crippen LogP contribution in [0.25, 0.3) is 0 Å². The topological polar surface area (TPSA) is 118 Å². The van der Waals surface area contributed by atoms with E-state index in [1.54, 1.807) is 12.1 Å². The van der Waals surface area contributed by atoms with Gasteiger partial charge in [0.2, 0.25) is 0 Å². The van der Waals surface area contributed by atoms with Crippen LogP contribution in [-0.4, -0.2) is 32.5 Å². The summed E-state index contributed by atoms with van der Waals surface area (Å²) in [7, 11) is 0. The van der Waals surface area contributed by atoms with Crippen molar-refractivity contribution in [2.45, 2.75) is 6.42 Å². The lowest BCUT2D eigenvalue weighted by atomic mass is 10.1. The number of carboxylic acid groups (broad SMARTS) is 1. The van der Waals surface area contributed by atoms with E-state index in [0.717, 1.165) is 5.56 Å². The third kappa shape index (κ3) is 3.96. The van der Waals surface area contributed by atoms with E-state index >= 15 is 0 Å². The van der Waals surface area contributed by atoms with E-state index in [1.807, 2.05) is 0 Å². The number of anilines is 1. The highest BCUT2D eigenvalue weighted by Crippen LogP contribution is 2.12. The molecule has 0 bridgehead atoms. The van der Waals surface area contributed by atoms with Crippen molar-refractivity contribution in [1.29, 1.82) is 0 Å². The maximum absolute atomic E-state index is 10.6. The van der Waals surface area contributed by atoms with Crippen molar-refractivity contribution in [3.05, 3.63) is 58.0 Å². The molecule has 2 N–H and O–H groups in total. The van der Waals surface area contributed by atoms with Crippen molar-refractivity contribution >= 4 is 17.5 Å². The predicted molar refractivity (Wildman–Crippen MR) is 74.3 cm³/mol. The Balaban J connectivity index is 1.86. The zero-order valence-corrected chi connectivity index (χ0v) is 10.9. The number of hydrogen-bond donors (Lipinski definition) is 2. The van der Waals surface area contributed by atoms with Gasteiger partial charge in [0.25, 0.3) is 5.69 Å². The summed E-state index contributed by atoms with van der Waals surface area (Å²) in [6.07, 6.45) is 3.18. The second-order valence-corrected chi connectivity index (χ2v) is 4.19. The van der Waals surface area contributed by atoms with Crippen LogP contribution in [0.15, 0.2) is 36.7 Å². The van der Waals surface area contributed by atoms with Crippen LogP contribution in [0.5, 0.6) is 0 Å². The molecule has 1 aromatic heterocycles. The fourth-order valence-electron chi connectivity index (χ4n) is 1.65. The van der Waals surface area contributed by atoms with Crippen LogP contribution in [-0.2, 0) is 6.42 Å². The number of aromatic carboxylic acids is 1. The summed E-state index contributed by atoms with van der Waals surface area (Å²) in [5, 5.41) is 22.2. The summed E-state index contributed by atoms with van der Waals surface area (Å²) in [4.78, 5) is 28.4. The van der Waals surface area contributed by atoms with Gasteiger partial charge in [-0.1, -0.05) is 12.1 Å². The van der Waals surface area contributed by atoms with Crippen molar-refractivity contribution in [2.24, 2.45) is 0 Å². The molecule has 1 heterocycles. The molecule has 8 heteroatoms. The highest BCUT2D eigenvalue weighted by Gasteiger charge is 2.05. The van der Waals surface area contributed by atoms with Crippen molar-refractivity contribution in [3.8, 4) is 0 Å². The second-order valence-electron chi connectivity index (χ2n) is 4.19. The lowest BCUT2D eigenvalue weighted by Crippen LogP contribution is -2.08. The van der Waals surface area contributed by atoms with Gasteiger partial charge in [-0.05, 0) is 12.0 Å². The largest absolute Gasteiger partial charge is 0.476 e. The van der Waals surface area contributed by atoms with E-state index in [2.05, 4.69) is 15.3 Å². The molecule has 0 radical (unpaired) electrons. The molecule has 0 unspecified atom stereocenters. The fourth-order valence-corrected chi connectivity index (χ4v) is 1.65. The molecule has 0 aliphatic heterocycles. The van der Waals surface area contributed by atoms with Gasteiger partial charge in [-0.3, -0.25) is 10.1 Å². The van der Waals surface area contributed by atoms with Crippen LogP contribution >= 0.6 is 0 Å². The minimum absolute atomic E-state index is 0.0573. The molecule has 21 heavy (non-hydrogen) atoms. The van der Waals surface area contributed by atoms with E-state index in [0.29, 0.717) is 18.8 Å². The first-order valence-electron chi connectivity index (χ1n) is 6.09. The van der Waals surface area contributed by atoms with E-state index < -0.39 is 10.9 Å². The lowest BCUT2D eigenvalue weighted by molar-refractivity contribution is -0.384. The van der Waals surface area contributed by atoms with Gasteiger partial charge < -0.3 is 10.4 Å². The molecule has 108 valence electrons. The number of nitrogens with zero attached hydrogens (tertiary/aromatic N) is 3. The summed E-state index contributed by atoms with van der Waals surface area (Å²) in [6.45, 7) is 0.554. The maximum atomic E-state index is 10.6. The first-order chi connectivity index (χ1) is 10.1. The smallest absolute Gasteiger partial charge is 0.356 e. The molecule has 8 nitrogen and oxygen atoms in total. The van der Waals surface area contributed by atoms with Crippen molar-refractivity contribution in [1.82, 2.24) is 9.97 Å². The Morgan fingerprint density at radius 3 is 2.48 bits per heavy atom. The molecule has 0 aliphatic carbocycles. The molecule has 0 amide bonds. The Kier molecular flexibility index (Phi) is 4.39. The van der Waals surface area contributed by atoms with Crippen LogP contribution in [0.2, 0.25) is 0 Å². The molecule has 0 fully saturated rings. The molecular weight excluding hydrogens is 276 g/mol. The van der Waals surface area contributed by atoms with Crippen molar-refractivity contribution in [3.63, 3.8) is 0 Å². The van der Waals surface area contributed by atoms with Gasteiger partial charge in [0, 0.05) is 18.7 Å². The number of rotatable bonds is 6. The Morgan fingerprint density at radius 1 is 1.24 bits per heavy atom. The van der Waals surface area contributed by atoms with Gasteiger partial charge in [-0.2, -0.15) is 0 Å². The first kappa shape index (κ1) is 14.4. The molecular formula is C13H12N4O4. The molecule has 0 saturated heterocycles. The molecule has 0 atom stereocenters. The molecule has 0 aliphatic rings. The fraction of sp³-hybridized carbons (Fsp3) is 0.154. The summed E-state index contributed by atoms with van der Waals surface area (Å²) in [5.74, 6) is -0.651. The monoisotopic (exact) mass is 288 g/mol. The molecule has 2 aromatic rings. The third-order valence-corrected chi connectivity index (χ3v) is 2.74. The standard InChI is InChI=1S/C13H12N4O4/c18-13(19)11-7-16-12(8-15-11)14-6-5-9-1-3-10(4-2-9)17(20)21/h1-4,7-8H,5-6H2,(H,14,16)(H,18,19). The maximum Gasteiger partial charge on any atom is 0.356 e. The zero-order valence-electron chi connectivity index (χ0n) is 10.9. The van der Waals surface area contributed by atoms with Crippen molar-refractivity contribution < 1.29 is 14.8 Å². The Hall–Kier alpha value is -3.03. The summed E-state index contributed by atoms with van der Waals surface area (Å²) in [5.41, 5.74) is 0.890. The highest BCUT2D eigenvalue weighted by molar-refractivity contribution is 5.84. The first-order valence-corrected chi connectivity index (χ1v) is 6.09. The number of benzene rings is 1. The average Bonchev–Trinajstić information content (AvgIpc) is 2.48. The van der Waals surface area contributed by atoms with Gasteiger partial charge in [0.1, 0.15) is 5.82 Å². The lowest BCUT2D eigenvalue weighted by Gasteiger charge is -2.05. The Bertz CT molecular complexity index is 583. The van der Waals surface area contributed by atoms with Crippen LogP contribution in [0.1, 0.15) is 16.1 Å². The van der Waals surface area contributed by atoms with Crippen LogP contribution in [0, 0.1) is 10.1 Å². The quantitative estimate of drug-likeness (QED) is 0.613. The Labute approximate surface area is 119 Å². The van der Waals surface area contributed by atoms with Crippen molar-refractivity contribution in [2.75, 3.05) is 11.9 Å². The summed E-state index contributed by atoms with van der Waals surface area (Å²) >= 11 is 0. The van der Waals surface area contributed by atoms with Gasteiger partial charge in [-0.15, -0.1) is 0 Å². The van der Waals surface area contributed by atoms with Crippen LogP contribution < -0.4 is 5.32 Å². The SMILES string of the molecule is O=C(O)c1cnc(NCCc2ccc([N+](=O)[O-])cc2)cn1. The average molecular weight is 288 g/mol. The molecule has 2 rings (SSSR count). The summed E-state index contributed by atoms with van der Waals surface area (Å²) in [6, 6.07) is 6.30. The number of non-ortho nitro benzene ring substituents is 1. The van der Waals surface area contributed by atoms with E-state index in [-0.39, 0.29) is 11.4 Å². The minimum Gasteiger partial charge on any atom is -0.476 e. The molecule has 1 aromatic carbocycles. The van der Waals surface area contributed by atoms with Gasteiger partial charge in [0.15, 0.2) is 5.69 Å². The van der Waals surface area contributed by atoms with E-state index in [4.69, 9.17) is 5.11 Å². The third-order valence-electron chi connectivity index (χ3n) is 2.74. The zero-order chi connectivity index (χ0) is 15.2. The molecule has 0 saturated carbocycles. The van der Waals surface area contributed by atoms with Crippen LogP contribution in [0.4, 0.5) is 11.5 Å². The second kappa shape index (κ2) is 6.42.